The molecule has 0 aliphatic heterocycles. The second-order valence-electron chi connectivity index (χ2n) is 4.44. The summed E-state index contributed by atoms with van der Waals surface area (Å²) >= 11 is 0. The highest BCUT2D eigenvalue weighted by atomic mass is 35.5. The fourth-order valence-corrected chi connectivity index (χ4v) is 2.30. The maximum Gasteiger partial charge on any atom is 0.321 e. The number of hydrogen-bond donors (Lipinski definition) is 2. The van der Waals surface area contributed by atoms with Crippen LogP contribution in [0.2, 0.25) is 0 Å². The highest BCUT2D eigenvalue weighted by Crippen LogP contribution is 2.21. The van der Waals surface area contributed by atoms with Gasteiger partial charge in [-0.2, -0.15) is 0 Å². The molecule has 1 aromatic heterocycles. The lowest BCUT2D eigenvalue weighted by Gasteiger charge is -2.12. The predicted octanol–water partition coefficient (Wildman–Crippen LogP) is 2.21. The summed E-state index contributed by atoms with van der Waals surface area (Å²) in [5.74, 6) is -0.801. The minimum Gasteiger partial charge on any atom is -0.480 e. The number of aliphatic carboxylic acids is 1. The Kier molecular flexibility index (Phi) is 5.39. The van der Waals surface area contributed by atoms with Crippen LogP contribution in [-0.2, 0) is 18.3 Å². The SMILES string of the molecule is CCN[C@H](Cc1cn(C)c2ccccc12)C(=O)O.Cl. The number of carboxylic acids is 1. The maximum absolute atomic E-state index is 11.2. The molecule has 0 saturated heterocycles. The molecular formula is C14H19ClN2O2. The number of aromatic nitrogens is 1. The first kappa shape index (κ1) is 15.5. The van der Waals surface area contributed by atoms with Crippen molar-refractivity contribution in [3.8, 4) is 0 Å². The Balaban J connectivity index is 0.00000180. The van der Waals surface area contributed by atoms with Crippen molar-refractivity contribution < 1.29 is 9.90 Å². The summed E-state index contributed by atoms with van der Waals surface area (Å²) in [5, 5.41) is 13.3. The van der Waals surface area contributed by atoms with E-state index in [-0.39, 0.29) is 12.4 Å². The lowest BCUT2D eigenvalue weighted by atomic mass is 10.1. The lowest BCUT2D eigenvalue weighted by molar-refractivity contribution is -0.139. The molecule has 1 heterocycles. The molecule has 0 spiro atoms. The topological polar surface area (TPSA) is 54.3 Å². The molecule has 0 amide bonds. The number of aryl methyl sites for hydroxylation is 1. The van der Waals surface area contributed by atoms with Gasteiger partial charge in [0.05, 0.1) is 0 Å². The monoisotopic (exact) mass is 282 g/mol. The maximum atomic E-state index is 11.2. The van der Waals surface area contributed by atoms with Crippen LogP contribution in [0.4, 0.5) is 0 Å². The Hall–Kier alpha value is -1.52. The van der Waals surface area contributed by atoms with Gasteiger partial charge in [-0.05, 0) is 18.2 Å². The van der Waals surface area contributed by atoms with Crippen molar-refractivity contribution in [3.05, 3.63) is 36.0 Å². The van der Waals surface area contributed by atoms with E-state index in [1.807, 2.05) is 49.0 Å². The third kappa shape index (κ3) is 3.28. The first-order valence-corrected chi connectivity index (χ1v) is 6.12. The van der Waals surface area contributed by atoms with Crippen LogP contribution < -0.4 is 5.32 Å². The third-order valence-corrected chi connectivity index (χ3v) is 3.15. The molecule has 0 saturated carbocycles. The highest BCUT2D eigenvalue weighted by molar-refractivity contribution is 5.85. The van der Waals surface area contributed by atoms with E-state index in [2.05, 4.69) is 5.32 Å². The van der Waals surface area contributed by atoms with Crippen LogP contribution in [0.1, 0.15) is 12.5 Å². The number of hydrogen-bond acceptors (Lipinski definition) is 2. The zero-order valence-electron chi connectivity index (χ0n) is 11.1. The molecule has 0 fully saturated rings. The fourth-order valence-electron chi connectivity index (χ4n) is 2.30. The molecule has 5 heteroatoms. The summed E-state index contributed by atoms with van der Waals surface area (Å²) in [5.41, 5.74) is 2.20. The number of fused-ring (bicyclic) bond motifs is 1. The standard InChI is InChI=1S/C14H18N2O2.ClH/c1-3-15-12(14(17)18)8-10-9-16(2)13-7-5-4-6-11(10)13;/h4-7,9,12,15H,3,8H2,1-2H3,(H,17,18);1H/t12-;/m1./s1. The summed E-state index contributed by atoms with van der Waals surface area (Å²) in [7, 11) is 1.98. The van der Waals surface area contributed by atoms with Crippen molar-refractivity contribution in [2.45, 2.75) is 19.4 Å². The van der Waals surface area contributed by atoms with Gasteiger partial charge in [-0.1, -0.05) is 25.1 Å². The van der Waals surface area contributed by atoms with Gasteiger partial charge in [-0.25, -0.2) is 0 Å². The van der Waals surface area contributed by atoms with E-state index in [0.717, 1.165) is 16.5 Å². The predicted molar refractivity (Wildman–Crippen MR) is 79.0 cm³/mol. The van der Waals surface area contributed by atoms with Crippen molar-refractivity contribution in [2.24, 2.45) is 7.05 Å². The molecule has 1 atom stereocenters. The van der Waals surface area contributed by atoms with Gasteiger partial charge in [0.25, 0.3) is 0 Å². The molecule has 0 unspecified atom stereocenters. The Bertz CT molecular complexity index is 566. The highest BCUT2D eigenvalue weighted by Gasteiger charge is 2.18. The van der Waals surface area contributed by atoms with E-state index in [9.17, 15) is 9.90 Å². The zero-order valence-corrected chi connectivity index (χ0v) is 11.9. The average molecular weight is 283 g/mol. The van der Waals surface area contributed by atoms with Gasteiger partial charge in [0.15, 0.2) is 0 Å². The number of likely N-dealkylation sites (N-methyl/N-ethyl adjacent to an activating group) is 1. The van der Waals surface area contributed by atoms with Gasteiger partial charge in [0, 0.05) is 30.6 Å². The number of nitrogens with one attached hydrogen (secondary N) is 1. The van der Waals surface area contributed by atoms with E-state index >= 15 is 0 Å². The quantitative estimate of drug-likeness (QED) is 0.884. The third-order valence-electron chi connectivity index (χ3n) is 3.15. The molecule has 104 valence electrons. The Morgan fingerprint density at radius 3 is 2.74 bits per heavy atom. The van der Waals surface area contributed by atoms with E-state index in [0.29, 0.717) is 13.0 Å². The number of benzene rings is 1. The van der Waals surface area contributed by atoms with E-state index in [1.165, 1.54) is 0 Å². The van der Waals surface area contributed by atoms with Gasteiger partial charge < -0.3 is 15.0 Å². The Morgan fingerprint density at radius 1 is 1.42 bits per heavy atom. The molecule has 0 radical (unpaired) electrons. The molecule has 0 aliphatic carbocycles. The second kappa shape index (κ2) is 6.59. The van der Waals surface area contributed by atoms with Gasteiger partial charge in [0.2, 0.25) is 0 Å². The van der Waals surface area contributed by atoms with Crippen molar-refractivity contribution in [1.29, 1.82) is 0 Å². The van der Waals surface area contributed by atoms with Gasteiger partial charge >= 0.3 is 5.97 Å². The van der Waals surface area contributed by atoms with Crippen LogP contribution >= 0.6 is 12.4 Å². The number of carbonyl (C=O) groups is 1. The molecule has 4 nitrogen and oxygen atoms in total. The Morgan fingerprint density at radius 2 is 2.11 bits per heavy atom. The van der Waals surface area contributed by atoms with Crippen molar-refractivity contribution in [1.82, 2.24) is 9.88 Å². The first-order chi connectivity index (χ1) is 8.63. The number of carboxylic acid groups (broad SMARTS) is 1. The van der Waals surface area contributed by atoms with Gasteiger partial charge in [0.1, 0.15) is 6.04 Å². The van der Waals surface area contributed by atoms with Crippen molar-refractivity contribution in [2.75, 3.05) is 6.54 Å². The molecular weight excluding hydrogens is 264 g/mol. The number of halogens is 1. The molecule has 0 bridgehead atoms. The zero-order chi connectivity index (χ0) is 13.1. The fraction of sp³-hybridized carbons (Fsp3) is 0.357. The van der Waals surface area contributed by atoms with Crippen LogP contribution in [0.25, 0.3) is 10.9 Å². The van der Waals surface area contributed by atoms with E-state index < -0.39 is 12.0 Å². The van der Waals surface area contributed by atoms with Crippen molar-refractivity contribution in [3.63, 3.8) is 0 Å². The molecule has 2 aromatic rings. The van der Waals surface area contributed by atoms with Gasteiger partial charge in [-0.3, -0.25) is 4.79 Å². The Labute approximate surface area is 118 Å². The number of rotatable bonds is 5. The summed E-state index contributed by atoms with van der Waals surface area (Å²) in [6.07, 6.45) is 2.52. The lowest BCUT2D eigenvalue weighted by Crippen LogP contribution is -2.38. The minimum atomic E-state index is -0.801. The summed E-state index contributed by atoms with van der Waals surface area (Å²) < 4.78 is 2.04. The van der Waals surface area contributed by atoms with Crippen molar-refractivity contribution >= 4 is 29.3 Å². The molecule has 2 rings (SSSR count). The molecule has 0 aliphatic rings. The first-order valence-electron chi connectivity index (χ1n) is 6.12. The molecule has 2 N–H and O–H groups in total. The van der Waals surface area contributed by atoms with Crippen LogP contribution in [0, 0.1) is 0 Å². The summed E-state index contributed by atoms with van der Waals surface area (Å²) in [6, 6.07) is 7.53. The van der Waals surface area contributed by atoms with Crippen LogP contribution in [0.5, 0.6) is 0 Å². The van der Waals surface area contributed by atoms with Crippen LogP contribution in [0.3, 0.4) is 0 Å². The van der Waals surface area contributed by atoms with E-state index in [4.69, 9.17) is 0 Å². The van der Waals surface area contributed by atoms with Crippen LogP contribution in [-0.4, -0.2) is 28.2 Å². The molecule has 1 aromatic carbocycles. The summed E-state index contributed by atoms with van der Waals surface area (Å²) in [4.78, 5) is 11.2. The summed E-state index contributed by atoms with van der Waals surface area (Å²) in [6.45, 7) is 2.57. The largest absolute Gasteiger partial charge is 0.480 e. The second-order valence-corrected chi connectivity index (χ2v) is 4.44. The average Bonchev–Trinajstić information content (AvgIpc) is 2.66. The number of nitrogens with zero attached hydrogens (tertiary/aromatic N) is 1. The minimum absolute atomic E-state index is 0. The van der Waals surface area contributed by atoms with E-state index in [1.54, 1.807) is 0 Å². The smallest absolute Gasteiger partial charge is 0.321 e. The van der Waals surface area contributed by atoms with Gasteiger partial charge in [-0.15, -0.1) is 12.4 Å². The number of para-hydroxylation sites is 1. The normalized spacial score (nSPS) is 12.1. The van der Waals surface area contributed by atoms with Crippen LogP contribution in [0.15, 0.2) is 30.5 Å². The molecule has 19 heavy (non-hydrogen) atoms.